The molecule has 0 aliphatic heterocycles. The molecule has 3 rings (SSSR count). The van der Waals surface area contributed by atoms with E-state index in [0.29, 0.717) is 16.9 Å². The van der Waals surface area contributed by atoms with Gasteiger partial charge in [0.1, 0.15) is 9.90 Å². The molecule has 6 nitrogen and oxygen atoms in total. The number of hydrogen-bond donors (Lipinski definition) is 4. The molecule has 8 heteroatoms. The van der Waals surface area contributed by atoms with Crippen molar-refractivity contribution in [2.45, 2.75) is 23.7 Å². The molecule has 132 valence electrons. The summed E-state index contributed by atoms with van der Waals surface area (Å²) < 4.78 is 16.1. The third-order valence-corrected chi connectivity index (χ3v) is 5.77. The molecule has 4 N–H and O–H groups in total. The van der Waals surface area contributed by atoms with Crippen LogP contribution in [0, 0.1) is 0 Å². The second-order valence-electron chi connectivity index (χ2n) is 6.25. The highest BCUT2D eigenvalue weighted by molar-refractivity contribution is 7.88. The third kappa shape index (κ3) is 4.28. The van der Waals surface area contributed by atoms with Gasteiger partial charge in [-0.15, -0.1) is 11.3 Å². The standard InChI is InChI=1S/C17H19N3O3S2/c1-17(2,22)10-18-16(21)13-9-11-5-3-6-12(15(11)19-13)20-25(23)14-7-4-8-24-14/h3-9,19-20,22H,10H2,1-2H3,(H,18,21). The van der Waals surface area contributed by atoms with Gasteiger partial charge in [-0.1, -0.05) is 18.2 Å². The third-order valence-electron chi connectivity index (χ3n) is 3.46. The summed E-state index contributed by atoms with van der Waals surface area (Å²) in [5.41, 5.74) is 0.772. The fourth-order valence-electron chi connectivity index (χ4n) is 2.27. The maximum atomic E-state index is 12.4. The predicted molar refractivity (Wildman–Crippen MR) is 101 cm³/mol. The van der Waals surface area contributed by atoms with Crippen molar-refractivity contribution < 1.29 is 14.1 Å². The van der Waals surface area contributed by atoms with Crippen LogP contribution in [0.3, 0.4) is 0 Å². The van der Waals surface area contributed by atoms with Gasteiger partial charge >= 0.3 is 0 Å². The number of amides is 1. The highest BCUT2D eigenvalue weighted by Gasteiger charge is 2.17. The van der Waals surface area contributed by atoms with Gasteiger partial charge in [0.05, 0.1) is 16.8 Å². The van der Waals surface area contributed by atoms with Crippen molar-refractivity contribution in [2.24, 2.45) is 0 Å². The molecule has 1 amide bonds. The maximum Gasteiger partial charge on any atom is 0.267 e. The number of aromatic amines is 1. The number of aliphatic hydroxyl groups is 1. The van der Waals surface area contributed by atoms with Crippen LogP contribution in [0.2, 0.25) is 0 Å². The van der Waals surface area contributed by atoms with Gasteiger partial charge in [0, 0.05) is 11.9 Å². The van der Waals surface area contributed by atoms with Gasteiger partial charge in [0.2, 0.25) is 0 Å². The van der Waals surface area contributed by atoms with E-state index in [1.165, 1.54) is 11.3 Å². The number of carbonyl (C=O) groups is 1. The first-order valence-corrected chi connectivity index (χ1v) is 9.71. The summed E-state index contributed by atoms with van der Waals surface area (Å²) in [5.74, 6) is -0.302. The van der Waals surface area contributed by atoms with Crippen LogP contribution in [-0.2, 0) is 11.0 Å². The number of anilines is 1. The van der Waals surface area contributed by atoms with Crippen molar-refractivity contribution in [1.82, 2.24) is 10.3 Å². The van der Waals surface area contributed by atoms with Crippen LogP contribution >= 0.6 is 11.3 Å². The SMILES string of the molecule is CC(C)(O)CNC(=O)c1cc2cccc(NS(=O)c3cccs3)c2[nH]1. The smallest absolute Gasteiger partial charge is 0.267 e. The van der Waals surface area contributed by atoms with E-state index in [2.05, 4.69) is 15.0 Å². The van der Waals surface area contributed by atoms with Gasteiger partial charge in [0.15, 0.2) is 11.0 Å². The maximum absolute atomic E-state index is 12.4. The van der Waals surface area contributed by atoms with Gasteiger partial charge < -0.3 is 15.4 Å². The number of thiophene rings is 1. The zero-order chi connectivity index (χ0) is 18.0. The van der Waals surface area contributed by atoms with Crippen LogP contribution < -0.4 is 10.0 Å². The largest absolute Gasteiger partial charge is 0.389 e. The predicted octanol–water partition coefficient (Wildman–Crippen LogP) is 2.86. The fraction of sp³-hybridized carbons (Fsp3) is 0.235. The Kier molecular flexibility index (Phi) is 4.94. The second kappa shape index (κ2) is 6.99. The molecular weight excluding hydrogens is 358 g/mol. The lowest BCUT2D eigenvalue weighted by molar-refractivity contribution is 0.0692. The lowest BCUT2D eigenvalue weighted by Crippen LogP contribution is -2.38. The van der Waals surface area contributed by atoms with Gasteiger partial charge in [-0.25, -0.2) is 4.21 Å². The van der Waals surface area contributed by atoms with Gasteiger partial charge in [-0.2, -0.15) is 0 Å². The molecule has 0 radical (unpaired) electrons. The summed E-state index contributed by atoms with van der Waals surface area (Å²) in [6.45, 7) is 3.40. The molecule has 0 spiro atoms. The van der Waals surface area contributed by atoms with E-state index in [1.807, 2.05) is 29.6 Å². The Balaban J connectivity index is 1.83. The topological polar surface area (TPSA) is 94.2 Å². The molecule has 1 unspecified atom stereocenters. The zero-order valence-corrected chi connectivity index (χ0v) is 15.5. The Labute approximate surface area is 151 Å². The Morgan fingerprint density at radius 2 is 2.12 bits per heavy atom. The van der Waals surface area contributed by atoms with Crippen LogP contribution in [0.5, 0.6) is 0 Å². The minimum Gasteiger partial charge on any atom is -0.389 e. The van der Waals surface area contributed by atoms with E-state index in [0.717, 1.165) is 9.60 Å². The van der Waals surface area contributed by atoms with E-state index in [4.69, 9.17) is 0 Å². The Morgan fingerprint density at radius 1 is 1.32 bits per heavy atom. The number of H-pyrrole nitrogens is 1. The van der Waals surface area contributed by atoms with Gasteiger partial charge in [-0.05, 0) is 37.4 Å². The summed E-state index contributed by atoms with van der Waals surface area (Å²) in [5, 5.41) is 15.1. The monoisotopic (exact) mass is 377 g/mol. The number of hydrogen-bond acceptors (Lipinski definition) is 4. The first-order valence-electron chi connectivity index (χ1n) is 7.68. The van der Waals surface area contributed by atoms with Crippen molar-refractivity contribution in [3.8, 4) is 0 Å². The summed E-state index contributed by atoms with van der Waals surface area (Å²) in [4.78, 5) is 15.3. The van der Waals surface area contributed by atoms with E-state index in [-0.39, 0.29) is 12.5 Å². The molecule has 0 aliphatic carbocycles. The van der Waals surface area contributed by atoms with E-state index in [1.54, 1.807) is 26.0 Å². The average Bonchev–Trinajstić information content (AvgIpc) is 3.21. The van der Waals surface area contributed by atoms with Crippen LogP contribution in [0.1, 0.15) is 24.3 Å². The average molecular weight is 377 g/mol. The second-order valence-corrected chi connectivity index (χ2v) is 8.64. The highest BCUT2D eigenvalue weighted by atomic mass is 32.2. The molecule has 0 bridgehead atoms. The normalized spacial score (nSPS) is 12.9. The molecule has 2 aromatic heterocycles. The number of carbonyl (C=O) groups excluding carboxylic acids is 1. The molecule has 1 aromatic carbocycles. The molecular formula is C17H19N3O3S2. The summed E-state index contributed by atoms with van der Waals surface area (Å²) in [7, 11) is -1.36. The minimum absolute atomic E-state index is 0.148. The summed E-state index contributed by atoms with van der Waals surface area (Å²) >= 11 is 1.41. The molecule has 3 aromatic rings. The molecule has 2 heterocycles. The van der Waals surface area contributed by atoms with Crippen molar-refractivity contribution in [3.05, 3.63) is 47.5 Å². The van der Waals surface area contributed by atoms with Crippen molar-refractivity contribution in [1.29, 1.82) is 0 Å². The summed E-state index contributed by atoms with van der Waals surface area (Å²) in [6.07, 6.45) is 0. The first kappa shape index (κ1) is 17.7. The molecule has 1 atom stereocenters. The van der Waals surface area contributed by atoms with E-state index >= 15 is 0 Å². The zero-order valence-electron chi connectivity index (χ0n) is 13.8. The van der Waals surface area contributed by atoms with Crippen LogP contribution in [-0.4, -0.2) is 32.4 Å². The number of nitrogens with one attached hydrogen (secondary N) is 3. The highest BCUT2D eigenvalue weighted by Crippen LogP contribution is 2.26. The fourth-order valence-corrected chi connectivity index (χ4v) is 4.04. The summed E-state index contributed by atoms with van der Waals surface area (Å²) in [6, 6.07) is 10.9. The Morgan fingerprint density at radius 3 is 2.80 bits per heavy atom. The van der Waals surface area contributed by atoms with Crippen LogP contribution in [0.25, 0.3) is 10.9 Å². The van der Waals surface area contributed by atoms with Crippen molar-refractivity contribution >= 4 is 44.8 Å². The van der Waals surface area contributed by atoms with Crippen molar-refractivity contribution in [3.63, 3.8) is 0 Å². The minimum atomic E-state index is -1.36. The molecule has 25 heavy (non-hydrogen) atoms. The number of rotatable bonds is 6. The number of aromatic nitrogens is 1. The van der Waals surface area contributed by atoms with Gasteiger partial charge in [-0.3, -0.25) is 9.52 Å². The van der Waals surface area contributed by atoms with E-state index in [9.17, 15) is 14.1 Å². The molecule has 0 saturated carbocycles. The Bertz CT molecular complexity index is 911. The number of fused-ring (bicyclic) bond motifs is 1. The lowest BCUT2D eigenvalue weighted by Gasteiger charge is -2.17. The quantitative estimate of drug-likeness (QED) is 0.532. The van der Waals surface area contributed by atoms with Crippen LogP contribution in [0.4, 0.5) is 5.69 Å². The molecule has 0 aliphatic rings. The molecule has 0 fully saturated rings. The number of para-hydroxylation sites is 1. The van der Waals surface area contributed by atoms with Crippen molar-refractivity contribution in [2.75, 3.05) is 11.3 Å². The number of benzene rings is 1. The van der Waals surface area contributed by atoms with Crippen LogP contribution in [0.15, 0.2) is 46.0 Å². The Hall–Kier alpha value is -2.16. The molecule has 0 saturated heterocycles. The lowest BCUT2D eigenvalue weighted by atomic mass is 10.1. The first-order chi connectivity index (χ1) is 11.8. The van der Waals surface area contributed by atoms with Gasteiger partial charge in [0.25, 0.3) is 5.91 Å². The van der Waals surface area contributed by atoms with E-state index < -0.39 is 16.6 Å².